The molecule has 680 valence electrons. The number of amides is 4. The zero-order valence-corrected chi connectivity index (χ0v) is 76.8. The van der Waals surface area contributed by atoms with E-state index in [4.69, 9.17) is 52.1 Å². The number of rotatable bonds is 15. The van der Waals surface area contributed by atoms with E-state index in [9.17, 15) is 32.4 Å². The van der Waals surface area contributed by atoms with Crippen LogP contribution in [-0.2, 0) is 46.3 Å². The van der Waals surface area contributed by atoms with Crippen LogP contribution in [0.3, 0.4) is 0 Å². The first kappa shape index (κ1) is 89.0. The first-order chi connectivity index (χ1) is 63.2. The maximum Gasteiger partial charge on any atom is 0.257 e. The molecule has 0 saturated carbocycles. The summed E-state index contributed by atoms with van der Waals surface area (Å²) < 4.78 is 96.5. The van der Waals surface area contributed by atoms with Crippen molar-refractivity contribution in [2.45, 2.75) is 106 Å². The van der Waals surface area contributed by atoms with Crippen molar-refractivity contribution in [1.29, 1.82) is 0 Å². The first-order valence-corrected chi connectivity index (χ1v) is 46.0. The summed E-state index contributed by atoms with van der Waals surface area (Å²) in [6, 6.07) is 58.8. The van der Waals surface area contributed by atoms with Crippen molar-refractivity contribution >= 4 is 39.2 Å². The number of aromatic nitrogens is 6. The number of Topliss-reactive ketones (excluding diaryl/α,β-unsaturated/α-hetero) is 1. The molecule has 4 fully saturated rings. The van der Waals surface area contributed by atoms with Gasteiger partial charge in [-0.1, -0.05) is 62.4 Å². The molecule has 131 heavy (non-hydrogen) atoms. The lowest BCUT2D eigenvalue weighted by Gasteiger charge is -2.45. The van der Waals surface area contributed by atoms with Crippen LogP contribution in [-0.4, -0.2) is 194 Å². The highest BCUT2D eigenvalue weighted by Crippen LogP contribution is 2.54. The fraction of sp³-hybridized carbons (Fsp3) is 0.343. The van der Waals surface area contributed by atoms with E-state index in [1.54, 1.807) is 95.7 Å². The van der Waals surface area contributed by atoms with E-state index in [2.05, 4.69) is 65.1 Å². The van der Waals surface area contributed by atoms with E-state index in [0.717, 1.165) is 98.5 Å². The van der Waals surface area contributed by atoms with Crippen LogP contribution in [0.1, 0.15) is 152 Å². The third kappa shape index (κ3) is 16.5. The fourth-order valence-electron chi connectivity index (χ4n) is 19.6. The van der Waals surface area contributed by atoms with E-state index in [1.165, 1.54) is 20.3 Å². The molecular formula is C102H108N10O18S. The van der Waals surface area contributed by atoms with Crippen molar-refractivity contribution in [2.24, 2.45) is 20.0 Å². The number of piperidine rings is 4. The molecule has 28 nitrogen and oxygen atoms in total. The number of carbonyl (C=O) groups excluding carboxylic acids is 5. The molecule has 0 atom stereocenters. The predicted octanol–water partition coefficient (Wildman–Crippen LogP) is 16.2. The van der Waals surface area contributed by atoms with Crippen molar-refractivity contribution in [3.05, 3.63) is 263 Å². The molecule has 4 amide bonds. The molecule has 12 heterocycles. The van der Waals surface area contributed by atoms with E-state index in [0.29, 0.717) is 177 Å². The number of hydrogen-bond donors (Lipinski definition) is 0. The second-order valence-corrected chi connectivity index (χ2v) is 36.6. The largest absolute Gasteiger partial charge is 0.497 e. The molecule has 8 aromatic carbocycles. The van der Waals surface area contributed by atoms with Gasteiger partial charge < -0.3 is 80.8 Å². The maximum absolute atomic E-state index is 13.5. The van der Waals surface area contributed by atoms with E-state index >= 15 is 0 Å². The number of ketones is 1. The topological polar surface area (TPSA) is 279 Å². The predicted molar refractivity (Wildman–Crippen MR) is 492 cm³/mol. The number of likely N-dealkylation sites (tertiary alicyclic amines) is 4. The molecule has 8 aliphatic rings. The summed E-state index contributed by atoms with van der Waals surface area (Å²) in [5, 5.41) is 9.04. The molecule has 4 spiro atoms. The lowest BCUT2D eigenvalue weighted by atomic mass is 9.81. The van der Waals surface area contributed by atoms with Gasteiger partial charge in [0.1, 0.15) is 45.7 Å². The molecule has 4 aromatic heterocycles. The van der Waals surface area contributed by atoms with Crippen LogP contribution in [0.5, 0.6) is 63.2 Å². The number of methoxy groups -OCH3 is 6. The van der Waals surface area contributed by atoms with Crippen molar-refractivity contribution in [3.63, 3.8) is 0 Å². The number of fused-ring (bicyclic) bond motifs is 16. The summed E-state index contributed by atoms with van der Waals surface area (Å²) in [4.78, 5) is 73.2. The monoisotopic (exact) mass is 1790 g/mol. The molecule has 0 radical (unpaired) electrons. The van der Waals surface area contributed by atoms with Gasteiger partial charge in [-0.15, -0.1) is 0 Å². The lowest BCUT2D eigenvalue weighted by molar-refractivity contribution is -0.00985. The van der Waals surface area contributed by atoms with Gasteiger partial charge >= 0.3 is 0 Å². The summed E-state index contributed by atoms with van der Waals surface area (Å²) in [7, 11) is 9.94. The standard InChI is InChI=1S/C27H30N2O4.C26H26N2O5S.C25H27N3O5.C24H25N3O4/c1-19(2)18-32-23-11-10-20(17-24(23)31-3)26(30)28-15-12-27(13-16-28)25-9-6-14-29(25)21-7-4-5-8-22(21)33-27;1-17-16-19(8-10-23(17)34(3,31)32)25(30)27-14-12-26(13-15-27)24-11-9-20(18(2)29)28(24)21-6-4-5-7-22(21)33-26;1-27-21-16-7-5-6-8-19(16)33-25(18(21)15-26-27)11-13-28(14-12-25)24(29)17-9-10-20(30-2)23(32-4)22(17)31-3;1-26-22-17-6-4-5-7-21(17)31-24(19(22)15-25-26)10-12-27(13-11-24)23(28)18-14-16(29-2)8-9-20(18)30-3/h4-11,14,17,19H,12-13,15-16,18H2,1-3H3;4-11,16H,12-15H2,1-3H3;5-10,15H,11-14H2,1-4H3;4-9,14-15H,10-13H2,1-3H3. The van der Waals surface area contributed by atoms with Crippen LogP contribution in [0.2, 0.25) is 0 Å². The minimum atomic E-state index is -3.34. The van der Waals surface area contributed by atoms with Crippen molar-refractivity contribution < 1.29 is 84.5 Å². The van der Waals surface area contributed by atoms with Crippen LogP contribution in [0.15, 0.2) is 212 Å². The number of benzene rings is 8. The third-order valence-corrected chi connectivity index (χ3v) is 27.6. The van der Waals surface area contributed by atoms with E-state index < -0.39 is 32.2 Å². The van der Waals surface area contributed by atoms with Gasteiger partial charge in [0.05, 0.1) is 118 Å². The quantitative estimate of drug-likeness (QED) is 0.0862. The smallest absolute Gasteiger partial charge is 0.257 e. The number of para-hydroxylation sites is 6. The van der Waals surface area contributed by atoms with E-state index in [1.807, 2.05) is 158 Å². The molecule has 0 unspecified atom stereocenters. The molecular weight excluding hydrogens is 1690 g/mol. The highest BCUT2D eigenvalue weighted by Gasteiger charge is 2.51. The summed E-state index contributed by atoms with van der Waals surface area (Å²) in [5.74, 6) is 7.16. The summed E-state index contributed by atoms with van der Waals surface area (Å²) in [6.07, 6.45) is 12.4. The summed E-state index contributed by atoms with van der Waals surface area (Å²) >= 11 is 0. The van der Waals surface area contributed by atoms with Gasteiger partial charge in [-0.2, -0.15) is 10.2 Å². The Kier molecular flexibility index (Phi) is 24.6. The Morgan fingerprint density at radius 1 is 0.435 bits per heavy atom. The van der Waals surface area contributed by atoms with Crippen molar-refractivity contribution in [2.75, 3.05) is 108 Å². The van der Waals surface area contributed by atoms with E-state index in [-0.39, 0.29) is 34.3 Å². The van der Waals surface area contributed by atoms with Gasteiger partial charge in [0, 0.05) is 171 Å². The maximum atomic E-state index is 13.5. The zero-order valence-electron chi connectivity index (χ0n) is 76.0. The van der Waals surface area contributed by atoms with Gasteiger partial charge in [-0.25, -0.2) is 8.42 Å². The minimum absolute atomic E-state index is 0.00477. The molecule has 8 aliphatic heterocycles. The van der Waals surface area contributed by atoms with Gasteiger partial charge in [-0.3, -0.25) is 33.3 Å². The Labute approximate surface area is 761 Å². The number of carbonyl (C=O) groups is 5. The van der Waals surface area contributed by atoms with Crippen LogP contribution < -0.4 is 52.1 Å². The molecule has 12 aromatic rings. The van der Waals surface area contributed by atoms with Gasteiger partial charge in [0.25, 0.3) is 23.6 Å². The first-order valence-electron chi connectivity index (χ1n) is 44.1. The number of sulfone groups is 1. The molecule has 20 rings (SSSR count). The average molecular weight is 1790 g/mol. The lowest BCUT2D eigenvalue weighted by Crippen LogP contribution is -2.50. The highest BCUT2D eigenvalue weighted by atomic mass is 32.2. The van der Waals surface area contributed by atoms with Crippen LogP contribution in [0.25, 0.3) is 33.9 Å². The van der Waals surface area contributed by atoms with Gasteiger partial charge in [-0.05, 0) is 158 Å². The second kappa shape index (κ2) is 36.2. The van der Waals surface area contributed by atoms with Crippen LogP contribution >= 0.6 is 0 Å². The summed E-state index contributed by atoms with van der Waals surface area (Å²) in [5.41, 5.74) is 11.6. The fourth-order valence-corrected chi connectivity index (χ4v) is 20.5. The van der Waals surface area contributed by atoms with Crippen molar-refractivity contribution in [3.8, 4) is 97.1 Å². The van der Waals surface area contributed by atoms with Crippen LogP contribution in [0.4, 0.5) is 0 Å². The third-order valence-electron chi connectivity index (χ3n) is 26.3. The Bertz CT molecular complexity index is 6490. The normalized spacial score (nSPS) is 16.2. The zero-order chi connectivity index (χ0) is 92.0. The molecule has 0 N–H and O–H groups in total. The number of aryl methyl sites for hydroxylation is 3. The Morgan fingerprint density at radius 2 is 0.893 bits per heavy atom. The molecule has 4 saturated heterocycles. The Balaban J connectivity index is 0.000000122. The van der Waals surface area contributed by atoms with Crippen molar-refractivity contribution in [1.82, 2.24) is 48.3 Å². The number of nitrogens with zero attached hydrogens (tertiary/aromatic N) is 10. The number of hydrogen-bond acceptors (Lipinski definition) is 20. The molecule has 29 heteroatoms. The van der Waals surface area contributed by atoms with Crippen LogP contribution in [0, 0.1) is 12.8 Å². The molecule has 0 aliphatic carbocycles. The van der Waals surface area contributed by atoms with Gasteiger partial charge in [0.15, 0.2) is 49.8 Å². The Morgan fingerprint density at radius 3 is 1.40 bits per heavy atom. The summed E-state index contributed by atoms with van der Waals surface area (Å²) in [6.45, 7) is 12.5. The minimum Gasteiger partial charge on any atom is -0.497 e. The Hall–Kier alpha value is -14.0. The highest BCUT2D eigenvalue weighted by molar-refractivity contribution is 7.90. The second-order valence-electron chi connectivity index (χ2n) is 34.6. The van der Waals surface area contributed by atoms with Gasteiger partial charge in [0.2, 0.25) is 5.75 Å². The number of ether oxygens (including phenoxy) is 11. The molecule has 0 bridgehead atoms. The SMILES string of the molecule is CC(=O)c1ccc2n1-c1ccccc1OC21CCN(C(=O)c2ccc(S(C)(=O)=O)c(C)c2)CC1.COc1cc(C(=O)N2CCC3(CC2)Oc2ccccc2-n2cccc23)ccc1OCC(C)C.COc1ccc(C(=O)N2CCC3(CC2)Oc2ccccc2-c2c3cnn2C)c(OC)c1OC.COc1ccc(OC)c(C(=O)N2CCC3(CC2)Oc2ccccc2-c2c3cnn2C)c1. The average Bonchev–Trinajstić information content (AvgIpc) is 1.72.